The smallest absolute Gasteiger partial charge is 0.150 e. The van der Waals surface area contributed by atoms with Gasteiger partial charge in [-0.2, -0.15) is 0 Å². The van der Waals surface area contributed by atoms with Crippen molar-refractivity contribution in [1.82, 2.24) is 5.43 Å². The fourth-order valence-electron chi connectivity index (χ4n) is 3.45. The maximum absolute atomic E-state index is 11.7. The number of hydrazine groups is 1. The second-order valence-electron chi connectivity index (χ2n) is 6.11. The zero-order valence-corrected chi connectivity index (χ0v) is 12.7. The third-order valence-corrected chi connectivity index (χ3v) is 6.32. The fraction of sp³-hybridized carbons (Fsp3) is 1.00. The molecule has 0 heterocycles. The fourth-order valence-corrected chi connectivity index (χ4v) is 4.64. The van der Waals surface area contributed by atoms with Crippen LogP contribution in [0, 0.1) is 11.8 Å². The summed E-state index contributed by atoms with van der Waals surface area (Å²) in [6.07, 6.45) is 7.34. The predicted molar refractivity (Wildman–Crippen MR) is 75.2 cm³/mol. The molecule has 4 atom stereocenters. The van der Waals surface area contributed by atoms with Gasteiger partial charge in [-0.3, -0.25) is 11.3 Å². The number of hydrogen-bond acceptors (Lipinski definition) is 5. The van der Waals surface area contributed by atoms with Crippen LogP contribution in [0.2, 0.25) is 0 Å². The molecule has 0 aromatic heterocycles. The molecule has 19 heavy (non-hydrogen) atoms. The van der Waals surface area contributed by atoms with Crippen molar-refractivity contribution in [2.24, 2.45) is 17.7 Å². The largest absolute Gasteiger partial charge is 0.379 e. The SMILES string of the molecule is COC(C1CC1)C(NN)C1CCCC(S(C)(=O)=O)C1. The van der Waals surface area contributed by atoms with Gasteiger partial charge in [0.15, 0.2) is 0 Å². The van der Waals surface area contributed by atoms with E-state index in [9.17, 15) is 8.42 Å². The molecule has 112 valence electrons. The molecule has 0 aliphatic heterocycles. The zero-order chi connectivity index (χ0) is 14.0. The summed E-state index contributed by atoms with van der Waals surface area (Å²) in [5.41, 5.74) is 2.90. The Morgan fingerprint density at radius 2 is 1.89 bits per heavy atom. The normalized spacial score (nSPS) is 31.9. The molecule has 2 aliphatic rings. The van der Waals surface area contributed by atoms with Gasteiger partial charge >= 0.3 is 0 Å². The van der Waals surface area contributed by atoms with Gasteiger partial charge in [0.05, 0.1) is 17.4 Å². The highest BCUT2D eigenvalue weighted by Crippen LogP contribution is 2.40. The van der Waals surface area contributed by atoms with Crippen LogP contribution in [-0.2, 0) is 14.6 Å². The van der Waals surface area contributed by atoms with Crippen molar-refractivity contribution in [2.75, 3.05) is 13.4 Å². The van der Waals surface area contributed by atoms with E-state index in [0.717, 1.165) is 19.3 Å². The Morgan fingerprint density at radius 3 is 2.37 bits per heavy atom. The summed E-state index contributed by atoms with van der Waals surface area (Å²) in [7, 11) is -1.22. The second-order valence-corrected chi connectivity index (χ2v) is 8.43. The highest BCUT2D eigenvalue weighted by molar-refractivity contribution is 7.91. The van der Waals surface area contributed by atoms with Crippen LogP contribution in [0.1, 0.15) is 38.5 Å². The number of sulfone groups is 1. The van der Waals surface area contributed by atoms with Gasteiger partial charge in [0, 0.05) is 13.4 Å². The molecule has 2 fully saturated rings. The molecule has 3 N–H and O–H groups in total. The Bertz CT molecular complexity index is 395. The van der Waals surface area contributed by atoms with E-state index in [0.29, 0.717) is 18.3 Å². The molecule has 0 aromatic rings. The van der Waals surface area contributed by atoms with Crippen LogP contribution in [-0.4, -0.2) is 39.2 Å². The number of ether oxygens (including phenoxy) is 1. The van der Waals surface area contributed by atoms with Crippen molar-refractivity contribution in [2.45, 2.75) is 55.9 Å². The van der Waals surface area contributed by atoms with Crippen LogP contribution in [0.25, 0.3) is 0 Å². The first kappa shape index (κ1) is 15.2. The third kappa shape index (κ3) is 3.68. The van der Waals surface area contributed by atoms with Gasteiger partial charge in [0.2, 0.25) is 0 Å². The summed E-state index contributed by atoms with van der Waals surface area (Å²) in [5.74, 6) is 6.60. The third-order valence-electron chi connectivity index (χ3n) is 4.69. The van der Waals surface area contributed by atoms with Crippen molar-refractivity contribution in [3.05, 3.63) is 0 Å². The minimum atomic E-state index is -2.95. The van der Waals surface area contributed by atoms with E-state index >= 15 is 0 Å². The molecular weight excluding hydrogens is 264 g/mol. The maximum Gasteiger partial charge on any atom is 0.150 e. The molecule has 0 amide bonds. The van der Waals surface area contributed by atoms with Crippen molar-refractivity contribution in [3.8, 4) is 0 Å². The lowest BCUT2D eigenvalue weighted by molar-refractivity contribution is 0.0244. The van der Waals surface area contributed by atoms with E-state index in [4.69, 9.17) is 10.6 Å². The Hall–Kier alpha value is -0.170. The molecule has 0 bridgehead atoms. The molecule has 0 spiro atoms. The average Bonchev–Trinajstić information content (AvgIpc) is 3.19. The molecule has 5 nitrogen and oxygen atoms in total. The lowest BCUT2D eigenvalue weighted by Gasteiger charge is -2.37. The van der Waals surface area contributed by atoms with E-state index in [2.05, 4.69) is 5.43 Å². The summed E-state index contributed by atoms with van der Waals surface area (Å²) in [6, 6.07) is 0.0713. The Morgan fingerprint density at radius 1 is 1.21 bits per heavy atom. The zero-order valence-electron chi connectivity index (χ0n) is 11.8. The van der Waals surface area contributed by atoms with Crippen molar-refractivity contribution >= 4 is 9.84 Å². The minimum Gasteiger partial charge on any atom is -0.379 e. The molecule has 4 unspecified atom stereocenters. The molecule has 0 aromatic carbocycles. The Kier molecular flexibility index (Phi) is 4.87. The van der Waals surface area contributed by atoms with Crippen LogP contribution in [0.15, 0.2) is 0 Å². The van der Waals surface area contributed by atoms with Crippen LogP contribution >= 0.6 is 0 Å². The number of rotatable bonds is 6. The van der Waals surface area contributed by atoms with Gasteiger partial charge in [-0.05, 0) is 43.9 Å². The molecular formula is C13H26N2O3S. The second kappa shape index (κ2) is 6.08. The van der Waals surface area contributed by atoms with E-state index in [1.54, 1.807) is 7.11 Å². The highest BCUT2D eigenvalue weighted by atomic mass is 32.2. The van der Waals surface area contributed by atoms with Gasteiger partial charge < -0.3 is 4.74 Å². The maximum atomic E-state index is 11.7. The summed E-state index contributed by atoms with van der Waals surface area (Å²) in [5, 5.41) is -0.209. The van der Waals surface area contributed by atoms with Gasteiger partial charge in [-0.25, -0.2) is 8.42 Å². The Balaban J connectivity index is 2.05. The summed E-state index contributed by atoms with van der Waals surface area (Å²) in [6.45, 7) is 0. The summed E-state index contributed by atoms with van der Waals surface area (Å²) >= 11 is 0. The first-order valence-corrected chi connectivity index (χ1v) is 9.10. The van der Waals surface area contributed by atoms with Crippen LogP contribution in [0.4, 0.5) is 0 Å². The lowest BCUT2D eigenvalue weighted by Crippen LogP contribution is -2.52. The molecule has 0 saturated heterocycles. The Labute approximate surface area is 116 Å². The molecule has 6 heteroatoms. The van der Waals surface area contributed by atoms with E-state index in [1.807, 2.05) is 0 Å². The highest BCUT2D eigenvalue weighted by Gasteiger charge is 2.42. The van der Waals surface area contributed by atoms with E-state index in [1.165, 1.54) is 19.1 Å². The van der Waals surface area contributed by atoms with Crippen molar-refractivity contribution in [1.29, 1.82) is 0 Å². The molecule has 2 rings (SSSR count). The average molecular weight is 290 g/mol. The number of nitrogens with two attached hydrogens (primary N) is 1. The number of hydrogen-bond donors (Lipinski definition) is 2. The summed E-state index contributed by atoms with van der Waals surface area (Å²) in [4.78, 5) is 0. The molecule has 2 saturated carbocycles. The topological polar surface area (TPSA) is 81.4 Å². The predicted octanol–water partition coefficient (Wildman–Crippen LogP) is 0.847. The van der Waals surface area contributed by atoms with Crippen molar-refractivity contribution < 1.29 is 13.2 Å². The quantitative estimate of drug-likeness (QED) is 0.560. The van der Waals surface area contributed by atoms with Gasteiger partial charge in [-0.15, -0.1) is 0 Å². The van der Waals surface area contributed by atoms with Crippen LogP contribution in [0.5, 0.6) is 0 Å². The number of methoxy groups -OCH3 is 1. The first-order chi connectivity index (χ1) is 8.97. The van der Waals surface area contributed by atoms with Crippen LogP contribution in [0.3, 0.4) is 0 Å². The van der Waals surface area contributed by atoms with E-state index < -0.39 is 9.84 Å². The monoisotopic (exact) mass is 290 g/mol. The van der Waals surface area contributed by atoms with E-state index in [-0.39, 0.29) is 17.4 Å². The molecule has 2 aliphatic carbocycles. The first-order valence-electron chi connectivity index (χ1n) is 7.15. The standard InChI is InChI=1S/C13H26N2O3S/c1-18-13(9-6-7-9)12(15-14)10-4-3-5-11(8-10)19(2,16)17/h9-13,15H,3-8,14H2,1-2H3. The molecule has 0 radical (unpaired) electrons. The van der Waals surface area contributed by atoms with Crippen molar-refractivity contribution in [3.63, 3.8) is 0 Å². The van der Waals surface area contributed by atoms with Crippen LogP contribution < -0.4 is 11.3 Å². The van der Waals surface area contributed by atoms with Gasteiger partial charge in [0.1, 0.15) is 9.84 Å². The number of nitrogens with one attached hydrogen (secondary N) is 1. The van der Waals surface area contributed by atoms with Gasteiger partial charge in [-0.1, -0.05) is 6.42 Å². The lowest BCUT2D eigenvalue weighted by atomic mass is 9.80. The summed E-state index contributed by atoms with van der Waals surface area (Å²) < 4.78 is 29.1. The minimum absolute atomic E-state index is 0.0713. The van der Waals surface area contributed by atoms with Gasteiger partial charge in [0.25, 0.3) is 0 Å².